The van der Waals surface area contributed by atoms with Gasteiger partial charge in [-0.1, -0.05) is 57.2 Å². The number of amides is 1. The predicted molar refractivity (Wildman–Crippen MR) is 107 cm³/mol. The van der Waals surface area contributed by atoms with Crippen LogP contribution in [0.3, 0.4) is 0 Å². The van der Waals surface area contributed by atoms with Crippen LogP contribution in [0.25, 0.3) is 0 Å². The monoisotopic (exact) mass is 385 g/mol. The van der Waals surface area contributed by atoms with Gasteiger partial charge in [-0.3, -0.25) is 4.79 Å². The van der Waals surface area contributed by atoms with Crippen LogP contribution < -0.4 is 5.32 Å². The Hall–Kier alpha value is -2.14. The molecule has 2 aromatic rings. The molecule has 5 heteroatoms. The Balaban J connectivity index is 1.67. The van der Waals surface area contributed by atoms with Crippen LogP contribution in [0.4, 0.5) is 0 Å². The summed E-state index contributed by atoms with van der Waals surface area (Å²) in [5.41, 5.74) is 2.89. The van der Waals surface area contributed by atoms with E-state index in [1.54, 1.807) is 24.3 Å². The van der Waals surface area contributed by atoms with Crippen LogP contribution in [0.15, 0.2) is 53.4 Å². The van der Waals surface area contributed by atoms with E-state index in [4.69, 9.17) is 0 Å². The van der Waals surface area contributed by atoms with Crippen molar-refractivity contribution in [1.82, 2.24) is 5.32 Å². The molecule has 1 fully saturated rings. The average molecular weight is 386 g/mol. The molecule has 0 aliphatic heterocycles. The molecule has 0 unspecified atom stereocenters. The summed E-state index contributed by atoms with van der Waals surface area (Å²) in [5, 5.41) is 3.01. The summed E-state index contributed by atoms with van der Waals surface area (Å²) in [5.74, 6) is 0.0400. The lowest BCUT2D eigenvalue weighted by molar-refractivity contribution is -0.123. The Morgan fingerprint density at radius 3 is 2.00 bits per heavy atom. The minimum atomic E-state index is -3.20. The second kappa shape index (κ2) is 6.79. The molecule has 1 aliphatic carbocycles. The van der Waals surface area contributed by atoms with E-state index in [1.165, 1.54) is 11.8 Å². The SMILES string of the molecule is CC(C)(C)c1ccc(C2(C(=O)NCc3ccc(S(C)(=O)=O)cc3)CC2)cc1. The molecule has 0 atom stereocenters. The van der Waals surface area contributed by atoms with E-state index in [-0.39, 0.29) is 16.2 Å². The van der Waals surface area contributed by atoms with Crippen LogP contribution >= 0.6 is 0 Å². The van der Waals surface area contributed by atoms with Gasteiger partial charge in [-0.05, 0) is 47.1 Å². The maximum absolute atomic E-state index is 12.8. The van der Waals surface area contributed by atoms with E-state index in [1.807, 2.05) is 0 Å². The Labute approximate surface area is 161 Å². The van der Waals surface area contributed by atoms with Gasteiger partial charge < -0.3 is 5.32 Å². The van der Waals surface area contributed by atoms with E-state index < -0.39 is 15.3 Å². The topological polar surface area (TPSA) is 63.2 Å². The minimum Gasteiger partial charge on any atom is -0.351 e. The number of benzene rings is 2. The largest absolute Gasteiger partial charge is 0.351 e. The van der Waals surface area contributed by atoms with Gasteiger partial charge in [0, 0.05) is 12.8 Å². The fourth-order valence-corrected chi connectivity index (χ4v) is 3.90. The third-order valence-corrected chi connectivity index (χ3v) is 6.42. The number of sulfone groups is 1. The number of hydrogen-bond donors (Lipinski definition) is 1. The molecule has 0 saturated heterocycles. The van der Waals surface area contributed by atoms with E-state index in [0.717, 1.165) is 24.0 Å². The Kier molecular flexibility index (Phi) is 4.93. The third kappa shape index (κ3) is 4.24. The standard InChI is InChI=1S/C22H27NO3S/c1-21(2,3)17-7-9-18(10-8-17)22(13-14-22)20(24)23-15-16-5-11-19(12-6-16)27(4,25)26/h5-12H,13-15H2,1-4H3,(H,23,24). The van der Waals surface area contributed by atoms with Crippen molar-refractivity contribution in [3.05, 3.63) is 65.2 Å². The number of nitrogens with one attached hydrogen (secondary N) is 1. The Bertz CT molecular complexity index is 933. The predicted octanol–water partition coefficient (Wildman–Crippen LogP) is 3.74. The summed E-state index contributed by atoms with van der Waals surface area (Å²) < 4.78 is 23.0. The van der Waals surface area contributed by atoms with E-state index in [9.17, 15) is 13.2 Å². The van der Waals surface area contributed by atoms with Gasteiger partial charge in [0.1, 0.15) is 0 Å². The molecule has 4 nitrogen and oxygen atoms in total. The van der Waals surface area contributed by atoms with Gasteiger partial charge in [0.15, 0.2) is 9.84 Å². The molecule has 2 aromatic carbocycles. The highest BCUT2D eigenvalue weighted by atomic mass is 32.2. The molecule has 144 valence electrons. The molecule has 0 spiro atoms. The summed E-state index contributed by atoms with van der Waals surface area (Å²) in [7, 11) is -3.20. The van der Waals surface area contributed by atoms with Gasteiger partial charge in [-0.2, -0.15) is 0 Å². The van der Waals surface area contributed by atoms with Crippen LogP contribution in [0.2, 0.25) is 0 Å². The molecule has 1 aliphatic rings. The maximum atomic E-state index is 12.8. The zero-order valence-electron chi connectivity index (χ0n) is 16.4. The van der Waals surface area contributed by atoms with Crippen molar-refractivity contribution in [2.75, 3.05) is 6.26 Å². The first kappa shape index (κ1) is 19.6. The second-order valence-electron chi connectivity index (χ2n) is 8.51. The lowest BCUT2D eigenvalue weighted by atomic mass is 9.85. The lowest BCUT2D eigenvalue weighted by Crippen LogP contribution is -2.34. The van der Waals surface area contributed by atoms with Crippen molar-refractivity contribution >= 4 is 15.7 Å². The highest BCUT2D eigenvalue weighted by molar-refractivity contribution is 7.90. The molecule has 1 saturated carbocycles. The first-order valence-electron chi connectivity index (χ1n) is 9.21. The maximum Gasteiger partial charge on any atom is 0.230 e. The van der Waals surface area contributed by atoms with Gasteiger partial charge in [0.25, 0.3) is 0 Å². The van der Waals surface area contributed by atoms with Crippen LogP contribution in [-0.2, 0) is 32.0 Å². The van der Waals surface area contributed by atoms with E-state index in [2.05, 4.69) is 50.4 Å². The highest BCUT2D eigenvalue weighted by Crippen LogP contribution is 2.48. The first-order valence-corrected chi connectivity index (χ1v) is 11.1. The molecule has 0 radical (unpaired) electrons. The van der Waals surface area contributed by atoms with Crippen LogP contribution in [0.5, 0.6) is 0 Å². The van der Waals surface area contributed by atoms with Crippen LogP contribution in [-0.4, -0.2) is 20.6 Å². The Morgan fingerprint density at radius 1 is 1.00 bits per heavy atom. The van der Waals surface area contributed by atoms with Gasteiger partial charge in [-0.25, -0.2) is 8.42 Å². The fourth-order valence-electron chi connectivity index (χ4n) is 3.27. The second-order valence-corrected chi connectivity index (χ2v) is 10.5. The van der Waals surface area contributed by atoms with Crippen molar-refractivity contribution in [3.63, 3.8) is 0 Å². The molecular formula is C22H27NO3S. The highest BCUT2D eigenvalue weighted by Gasteiger charge is 2.51. The van der Waals surface area contributed by atoms with Crippen molar-refractivity contribution in [1.29, 1.82) is 0 Å². The Morgan fingerprint density at radius 2 is 1.56 bits per heavy atom. The van der Waals surface area contributed by atoms with Gasteiger partial charge >= 0.3 is 0 Å². The number of rotatable bonds is 5. The summed E-state index contributed by atoms with van der Waals surface area (Å²) in [6.07, 6.45) is 2.91. The molecule has 1 amide bonds. The van der Waals surface area contributed by atoms with Crippen LogP contribution in [0, 0.1) is 0 Å². The third-order valence-electron chi connectivity index (χ3n) is 5.29. The van der Waals surface area contributed by atoms with E-state index in [0.29, 0.717) is 6.54 Å². The zero-order valence-corrected chi connectivity index (χ0v) is 17.2. The fraction of sp³-hybridized carbons (Fsp3) is 0.409. The molecule has 0 heterocycles. The van der Waals surface area contributed by atoms with Crippen molar-refractivity contribution in [3.8, 4) is 0 Å². The molecule has 0 bridgehead atoms. The number of hydrogen-bond acceptors (Lipinski definition) is 3. The molecule has 1 N–H and O–H groups in total. The molecule has 27 heavy (non-hydrogen) atoms. The number of carbonyl (C=O) groups is 1. The van der Waals surface area contributed by atoms with Gasteiger partial charge in [0.2, 0.25) is 5.91 Å². The molecule has 3 rings (SSSR count). The molecule has 0 aromatic heterocycles. The number of carbonyl (C=O) groups excluding carboxylic acids is 1. The minimum absolute atomic E-state index is 0.0400. The van der Waals surface area contributed by atoms with E-state index >= 15 is 0 Å². The van der Waals surface area contributed by atoms with Gasteiger partial charge in [0.05, 0.1) is 10.3 Å². The normalized spacial score (nSPS) is 16.0. The van der Waals surface area contributed by atoms with Crippen LogP contribution in [0.1, 0.15) is 50.3 Å². The zero-order chi connectivity index (χ0) is 19.9. The summed E-state index contributed by atoms with van der Waals surface area (Å²) >= 11 is 0. The van der Waals surface area contributed by atoms with Gasteiger partial charge in [-0.15, -0.1) is 0 Å². The first-order chi connectivity index (χ1) is 12.5. The lowest BCUT2D eigenvalue weighted by Gasteiger charge is -2.21. The summed E-state index contributed by atoms with van der Waals surface area (Å²) in [6.45, 7) is 6.93. The van der Waals surface area contributed by atoms with Crippen molar-refractivity contribution in [2.45, 2.75) is 55.9 Å². The van der Waals surface area contributed by atoms with Crippen molar-refractivity contribution < 1.29 is 13.2 Å². The molecular weight excluding hydrogens is 358 g/mol. The van der Waals surface area contributed by atoms with Crippen molar-refractivity contribution in [2.24, 2.45) is 0 Å². The summed E-state index contributed by atoms with van der Waals surface area (Å²) in [6, 6.07) is 15.0. The summed E-state index contributed by atoms with van der Waals surface area (Å²) in [4.78, 5) is 13.1. The average Bonchev–Trinajstić information content (AvgIpc) is 3.40. The smallest absolute Gasteiger partial charge is 0.230 e. The quantitative estimate of drug-likeness (QED) is 0.853.